The molecule has 0 radical (unpaired) electrons. The van der Waals surface area contributed by atoms with Gasteiger partial charge in [0.05, 0.1) is 12.4 Å². The summed E-state index contributed by atoms with van der Waals surface area (Å²) in [4.78, 5) is 13.1. The van der Waals surface area contributed by atoms with Gasteiger partial charge in [-0.05, 0) is 43.0 Å². The van der Waals surface area contributed by atoms with Gasteiger partial charge in [-0.15, -0.1) is 0 Å². The molecule has 2 aliphatic rings. The fraction of sp³-hybridized carbons (Fsp3) is 0.522. The lowest BCUT2D eigenvalue weighted by atomic mass is 10.1. The normalized spacial score (nSPS) is 27.0. The number of thioether (sulfide) groups is 1. The first-order valence-electron chi connectivity index (χ1n) is 11.6. The summed E-state index contributed by atoms with van der Waals surface area (Å²) in [6.45, 7) is 2.67. The Balaban J connectivity index is 1.27. The molecule has 0 aliphatic carbocycles. The SMILES string of the molecule is O[C@@H]1[C@H](O)[C@@H](CS[C@H]2CCNC2)O[C@H]1n1cnc2c(NCCCc3ccccc3)nc(Cl)nc21. The second-order valence-electron chi connectivity index (χ2n) is 8.68. The number of rotatable bonds is 9. The Labute approximate surface area is 207 Å². The maximum absolute atomic E-state index is 10.7. The van der Waals surface area contributed by atoms with Gasteiger partial charge in [-0.2, -0.15) is 21.7 Å². The average Bonchev–Trinajstić information content (AvgIpc) is 3.57. The van der Waals surface area contributed by atoms with Crippen LogP contribution >= 0.6 is 23.4 Å². The van der Waals surface area contributed by atoms with Crippen LogP contribution in [0.25, 0.3) is 11.2 Å². The second-order valence-corrected chi connectivity index (χ2v) is 10.3. The van der Waals surface area contributed by atoms with Gasteiger partial charge >= 0.3 is 0 Å². The number of aliphatic hydroxyl groups is 2. The number of hydrogen-bond donors (Lipinski definition) is 4. The molecule has 4 heterocycles. The summed E-state index contributed by atoms with van der Waals surface area (Å²) in [5.74, 6) is 1.15. The Morgan fingerprint density at radius 3 is 2.85 bits per heavy atom. The Kier molecular flexibility index (Phi) is 7.52. The van der Waals surface area contributed by atoms with Crippen molar-refractivity contribution in [2.45, 2.75) is 49.1 Å². The van der Waals surface area contributed by atoms with E-state index in [2.05, 4.69) is 37.7 Å². The van der Waals surface area contributed by atoms with E-state index in [1.807, 2.05) is 18.2 Å². The van der Waals surface area contributed by atoms with E-state index in [-0.39, 0.29) is 5.28 Å². The highest BCUT2D eigenvalue weighted by atomic mass is 35.5. The fourth-order valence-corrected chi connectivity index (χ4v) is 5.86. The molecular formula is C23H29ClN6O3S. The van der Waals surface area contributed by atoms with Crippen LogP contribution in [-0.4, -0.2) is 78.7 Å². The summed E-state index contributed by atoms with van der Waals surface area (Å²) >= 11 is 7.98. The van der Waals surface area contributed by atoms with Crippen LogP contribution in [0.3, 0.4) is 0 Å². The van der Waals surface area contributed by atoms with Gasteiger partial charge in [-0.1, -0.05) is 30.3 Å². The molecule has 3 aromatic rings. The van der Waals surface area contributed by atoms with Crippen LogP contribution in [0, 0.1) is 0 Å². The van der Waals surface area contributed by atoms with Crippen molar-refractivity contribution in [1.82, 2.24) is 24.8 Å². The molecule has 2 aliphatic heterocycles. The third kappa shape index (κ3) is 5.17. The number of ether oxygens (including phenoxy) is 1. The zero-order valence-corrected chi connectivity index (χ0v) is 20.3. The molecule has 5 rings (SSSR count). The van der Waals surface area contributed by atoms with Crippen LogP contribution in [0.1, 0.15) is 24.6 Å². The monoisotopic (exact) mass is 504 g/mol. The lowest BCUT2D eigenvalue weighted by molar-refractivity contribution is -0.0289. The first kappa shape index (κ1) is 23.8. The number of benzene rings is 1. The first-order valence-corrected chi connectivity index (χ1v) is 13.0. The van der Waals surface area contributed by atoms with Crippen LogP contribution in [0.5, 0.6) is 0 Å². The number of fused-ring (bicyclic) bond motifs is 1. The third-order valence-corrected chi connectivity index (χ3v) is 7.86. The highest BCUT2D eigenvalue weighted by Crippen LogP contribution is 2.35. The topological polar surface area (TPSA) is 117 Å². The Morgan fingerprint density at radius 1 is 1.21 bits per heavy atom. The van der Waals surface area contributed by atoms with Gasteiger partial charge in [0.2, 0.25) is 5.28 Å². The second kappa shape index (κ2) is 10.8. The number of aryl methyl sites for hydroxylation is 1. The summed E-state index contributed by atoms with van der Waals surface area (Å²) < 4.78 is 7.72. The zero-order valence-electron chi connectivity index (χ0n) is 18.7. The molecule has 0 unspecified atom stereocenters. The van der Waals surface area contributed by atoms with Crippen LogP contribution < -0.4 is 10.6 Å². The van der Waals surface area contributed by atoms with Crippen molar-refractivity contribution in [3.05, 3.63) is 47.5 Å². The van der Waals surface area contributed by atoms with Crippen molar-refractivity contribution in [2.24, 2.45) is 0 Å². The highest BCUT2D eigenvalue weighted by Gasteiger charge is 2.44. The molecule has 4 N–H and O–H groups in total. The predicted molar refractivity (Wildman–Crippen MR) is 133 cm³/mol. The Bertz CT molecular complexity index is 1100. The molecule has 9 nitrogen and oxygen atoms in total. The molecule has 2 fully saturated rings. The van der Waals surface area contributed by atoms with E-state index in [1.54, 1.807) is 22.7 Å². The molecule has 34 heavy (non-hydrogen) atoms. The number of aromatic nitrogens is 4. The third-order valence-electron chi connectivity index (χ3n) is 6.29. The first-order chi connectivity index (χ1) is 16.6. The molecule has 0 amide bonds. The van der Waals surface area contributed by atoms with Gasteiger partial charge in [-0.25, -0.2) is 4.98 Å². The number of nitrogens with one attached hydrogen (secondary N) is 2. The van der Waals surface area contributed by atoms with Gasteiger partial charge < -0.3 is 25.6 Å². The van der Waals surface area contributed by atoms with E-state index >= 15 is 0 Å². The van der Waals surface area contributed by atoms with E-state index in [0.717, 1.165) is 32.4 Å². The predicted octanol–water partition coefficient (Wildman–Crippen LogP) is 2.24. The van der Waals surface area contributed by atoms with Gasteiger partial charge in [0.1, 0.15) is 12.2 Å². The maximum Gasteiger partial charge on any atom is 0.226 e. The quantitative estimate of drug-likeness (QED) is 0.257. The van der Waals surface area contributed by atoms with E-state index in [9.17, 15) is 10.2 Å². The fourth-order valence-electron chi connectivity index (χ4n) is 4.44. The minimum atomic E-state index is -1.10. The molecular weight excluding hydrogens is 476 g/mol. The zero-order chi connectivity index (χ0) is 23.5. The summed E-state index contributed by atoms with van der Waals surface area (Å²) in [6, 6.07) is 10.3. The molecule has 2 saturated heterocycles. The van der Waals surface area contributed by atoms with E-state index in [0.29, 0.717) is 34.5 Å². The standard InChI is InChI=1S/C23H29ClN6O3S/c24-23-28-20(26-9-4-7-14-5-2-1-3-6-14)17-21(29-23)30(13-27-17)22-19(32)18(31)16(33-22)12-34-15-8-10-25-11-15/h1-3,5-6,13,15-16,18-19,22,25,31-32H,4,7-12H2,(H,26,28,29)/t15-,16+,18+,19+,22+/m0/s1. The molecule has 0 bridgehead atoms. The van der Waals surface area contributed by atoms with E-state index in [4.69, 9.17) is 16.3 Å². The van der Waals surface area contributed by atoms with E-state index < -0.39 is 24.5 Å². The minimum Gasteiger partial charge on any atom is -0.387 e. The number of hydrogen-bond acceptors (Lipinski definition) is 9. The largest absolute Gasteiger partial charge is 0.387 e. The van der Waals surface area contributed by atoms with Crippen LogP contribution in [0.15, 0.2) is 36.7 Å². The van der Waals surface area contributed by atoms with Crippen molar-refractivity contribution >= 4 is 40.3 Å². The van der Waals surface area contributed by atoms with Crippen molar-refractivity contribution < 1.29 is 14.9 Å². The van der Waals surface area contributed by atoms with Crippen LogP contribution in [0.4, 0.5) is 5.82 Å². The summed E-state index contributed by atoms with van der Waals surface area (Å²) in [5, 5.41) is 28.6. The van der Waals surface area contributed by atoms with Gasteiger partial charge in [0.15, 0.2) is 23.2 Å². The van der Waals surface area contributed by atoms with Crippen molar-refractivity contribution in [3.8, 4) is 0 Å². The number of halogens is 1. The minimum absolute atomic E-state index is 0.0775. The number of anilines is 1. The van der Waals surface area contributed by atoms with Crippen LogP contribution in [-0.2, 0) is 11.2 Å². The number of nitrogens with zero attached hydrogens (tertiary/aromatic N) is 4. The van der Waals surface area contributed by atoms with Crippen molar-refractivity contribution in [2.75, 3.05) is 30.7 Å². The van der Waals surface area contributed by atoms with Gasteiger partial charge in [0.25, 0.3) is 0 Å². The molecule has 0 saturated carbocycles. The molecule has 0 spiro atoms. The van der Waals surface area contributed by atoms with Gasteiger partial charge in [0, 0.05) is 24.1 Å². The van der Waals surface area contributed by atoms with Gasteiger partial charge in [-0.3, -0.25) is 4.57 Å². The lowest BCUT2D eigenvalue weighted by Gasteiger charge is -2.17. The molecule has 2 aromatic heterocycles. The van der Waals surface area contributed by atoms with Crippen molar-refractivity contribution in [1.29, 1.82) is 0 Å². The summed E-state index contributed by atoms with van der Waals surface area (Å²) in [7, 11) is 0. The highest BCUT2D eigenvalue weighted by molar-refractivity contribution is 8.00. The molecule has 182 valence electrons. The van der Waals surface area contributed by atoms with E-state index in [1.165, 1.54) is 5.56 Å². The maximum atomic E-state index is 10.7. The van der Waals surface area contributed by atoms with Crippen molar-refractivity contribution in [3.63, 3.8) is 0 Å². The Hall–Kier alpha value is -1.95. The number of imidazole rings is 1. The lowest BCUT2D eigenvalue weighted by Crippen LogP contribution is -2.33. The summed E-state index contributed by atoms with van der Waals surface area (Å²) in [5.41, 5.74) is 2.28. The molecule has 1 aromatic carbocycles. The Morgan fingerprint density at radius 2 is 2.06 bits per heavy atom. The molecule has 5 atom stereocenters. The average molecular weight is 505 g/mol. The number of aliphatic hydroxyl groups excluding tert-OH is 2. The molecule has 11 heteroatoms. The smallest absolute Gasteiger partial charge is 0.226 e. The summed E-state index contributed by atoms with van der Waals surface area (Å²) in [6.07, 6.45) is 1.16. The van der Waals surface area contributed by atoms with Crippen LogP contribution in [0.2, 0.25) is 5.28 Å².